The minimum absolute atomic E-state index is 0.0198. The van der Waals surface area contributed by atoms with E-state index in [0.717, 1.165) is 22.3 Å². The molecule has 0 spiro atoms. The van der Waals surface area contributed by atoms with E-state index in [1.807, 2.05) is 48.5 Å². The Morgan fingerprint density at radius 1 is 0.953 bits per heavy atom. The highest BCUT2D eigenvalue weighted by Gasteiger charge is 2.30. The molecule has 0 radical (unpaired) electrons. The Morgan fingerprint density at radius 2 is 1.60 bits per heavy atom. The number of hydrogen-bond donors (Lipinski definition) is 4. The van der Waals surface area contributed by atoms with Crippen molar-refractivity contribution in [1.82, 2.24) is 16.0 Å². The third-order valence-corrected chi connectivity index (χ3v) is 7.16. The minimum Gasteiger partial charge on any atom is -0.462 e. The second kappa shape index (κ2) is 16.9. The molecule has 0 saturated carbocycles. The van der Waals surface area contributed by atoms with Gasteiger partial charge >= 0.3 is 12.1 Å². The number of aliphatic hydroxyl groups excluding tert-OH is 1. The third-order valence-electron chi connectivity index (χ3n) is 7.16. The van der Waals surface area contributed by atoms with E-state index in [1.54, 1.807) is 19.1 Å². The van der Waals surface area contributed by atoms with Crippen LogP contribution < -0.4 is 16.0 Å². The fourth-order valence-electron chi connectivity index (χ4n) is 4.97. The van der Waals surface area contributed by atoms with Crippen molar-refractivity contribution in [3.05, 3.63) is 85.0 Å². The van der Waals surface area contributed by atoms with Gasteiger partial charge in [0.1, 0.15) is 19.3 Å². The summed E-state index contributed by atoms with van der Waals surface area (Å²) < 4.78 is 10.9. The van der Waals surface area contributed by atoms with Gasteiger partial charge < -0.3 is 30.5 Å². The van der Waals surface area contributed by atoms with E-state index in [-0.39, 0.29) is 63.4 Å². The Kier molecular flexibility index (Phi) is 13.0. The van der Waals surface area contributed by atoms with Crippen molar-refractivity contribution in [1.29, 1.82) is 0 Å². The van der Waals surface area contributed by atoms with Crippen molar-refractivity contribution in [2.24, 2.45) is 5.92 Å². The first kappa shape index (κ1) is 33.1. The number of benzene rings is 2. The Hall–Kier alpha value is -4.44. The van der Waals surface area contributed by atoms with Crippen LogP contribution in [0.15, 0.2) is 73.8 Å². The first-order chi connectivity index (χ1) is 20.8. The molecule has 43 heavy (non-hydrogen) atoms. The van der Waals surface area contributed by atoms with Gasteiger partial charge in [-0.3, -0.25) is 9.59 Å². The summed E-state index contributed by atoms with van der Waals surface area (Å²) in [6.45, 7) is 8.76. The van der Waals surface area contributed by atoms with Crippen LogP contribution in [0.25, 0.3) is 11.1 Å². The highest BCUT2D eigenvalue weighted by molar-refractivity contribution is 5.86. The monoisotopic (exact) mass is 591 g/mol. The number of amides is 3. The second-order valence-corrected chi connectivity index (χ2v) is 10.4. The molecular weight excluding hydrogens is 550 g/mol. The molecular formula is C33H41N3O7. The van der Waals surface area contributed by atoms with Crippen molar-refractivity contribution in [3.8, 4) is 11.1 Å². The average Bonchev–Trinajstić information content (AvgIpc) is 3.33. The number of alkyl carbamates (subject to hydrolysis) is 1. The second-order valence-electron chi connectivity index (χ2n) is 10.4. The lowest BCUT2D eigenvalue weighted by Crippen LogP contribution is -2.43. The van der Waals surface area contributed by atoms with Gasteiger partial charge in [-0.25, -0.2) is 9.59 Å². The van der Waals surface area contributed by atoms with E-state index in [4.69, 9.17) is 14.6 Å². The zero-order valence-corrected chi connectivity index (χ0v) is 24.6. The van der Waals surface area contributed by atoms with Crippen molar-refractivity contribution < 1.29 is 33.8 Å². The van der Waals surface area contributed by atoms with E-state index >= 15 is 0 Å². The molecule has 1 aliphatic rings. The number of carbonyl (C=O) groups excluding carboxylic acids is 4. The predicted molar refractivity (Wildman–Crippen MR) is 163 cm³/mol. The number of nitrogens with one attached hydrogen (secondary N) is 3. The Morgan fingerprint density at radius 3 is 2.21 bits per heavy atom. The van der Waals surface area contributed by atoms with Gasteiger partial charge in [0.15, 0.2) is 0 Å². The average molecular weight is 592 g/mol. The van der Waals surface area contributed by atoms with Gasteiger partial charge in [0.25, 0.3) is 0 Å². The lowest BCUT2D eigenvalue weighted by molar-refractivity contribution is -0.146. The molecule has 3 atom stereocenters. The number of rotatable bonds is 17. The van der Waals surface area contributed by atoms with Gasteiger partial charge in [-0.05, 0) is 48.4 Å². The minimum atomic E-state index is -0.963. The van der Waals surface area contributed by atoms with Crippen LogP contribution in [0, 0.1) is 5.92 Å². The van der Waals surface area contributed by atoms with E-state index in [1.165, 1.54) is 0 Å². The summed E-state index contributed by atoms with van der Waals surface area (Å²) >= 11 is 0. The van der Waals surface area contributed by atoms with Gasteiger partial charge in [0.05, 0.1) is 19.1 Å². The van der Waals surface area contributed by atoms with Gasteiger partial charge in [-0.15, -0.1) is 13.2 Å². The molecule has 230 valence electrons. The molecule has 2 aromatic carbocycles. The molecule has 0 aliphatic heterocycles. The number of aliphatic hydroxyl groups is 1. The van der Waals surface area contributed by atoms with Crippen LogP contribution in [0.3, 0.4) is 0 Å². The molecule has 10 nitrogen and oxygen atoms in total. The topological polar surface area (TPSA) is 143 Å². The molecule has 0 saturated heterocycles. The largest absolute Gasteiger partial charge is 0.462 e. The molecule has 3 amide bonds. The molecule has 0 aromatic heterocycles. The number of esters is 1. The Labute approximate surface area is 252 Å². The molecule has 2 aromatic rings. The van der Waals surface area contributed by atoms with Gasteiger partial charge in [-0.2, -0.15) is 0 Å². The van der Waals surface area contributed by atoms with Crippen molar-refractivity contribution in [3.63, 3.8) is 0 Å². The van der Waals surface area contributed by atoms with Crippen LogP contribution in [0.2, 0.25) is 0 Å². The first-order valence-corrected chi connectivity index (χ1v) is 14.5. The highest BCUT2D eigenvalue weighted by Crippen LogP contribution is 2.44. The van der Waals surface area contributed by atoms with Crippen LogP contribution >= 0.6 is 0 Å². The van der Waals surface area contributed by atoms with E-state index in [2.05, 4.69) is 29.1 Å². The van der Waals surface area contributed by atoms with Crippen LogP contribution in [-0.2, 0) is 23.9 Å². The third kappa shape index (κ3) is 9.54. The van der Waals surface area contributed by atoms with Crippen molar-refractivity contribution >= 4 is 23.9 Å². The number of ether oxygens (including phenoxy) is 2. The molecule has 0 heterocycles. The number of fused-ring (bicyclic) bond motifs is 3. The van der Waals surface area contributed by atoms with Gasteiger partial charge in [0, 0.05) is 18.4 Å². The summed E-state index contributed by atoms with van der Waals surface area (Å²) in [4.78, 5) is 50.3. The van der Waals surface area contributed by atoms with E-state index < -0.39 is 30.1 Å². The van der Waals surface area contributed by atoms with Crippen LogP contribution in [0.1, 0.15) is 49.7 Å². The summed E-state index contributed by atoms with van der Waals surface area (Å²) in [5.41, 5.74) is 4.39. The molecule has 10 heteroatoms. The lowest BCUT2D eigenvalue weighted by atomic mass is 9.98. The van der Waals surface area contributed by atoms with Crippen molar-refractivity contribution in [2.75, 3.05) is 26.4 Å². The van der Waals surface area contributed by atoms with Crippen LogP contribution in [-0.4, -0.2) is 67.4 Å². The SMILES string of the molecule is C=CCCC(NC(=O)OCC1c2ccccc2-c2ccccc21)C(=O)OCCNC(=O)C(CC=C)CC(=O)NC(C)CO. The predicted octanol–water partition coefficient (Wildman–Crippen LogP) is 3.60. The standard InChI is InChI=1S/C33H41N3O7/c1-4-6-16-29(32(40)42-18-17-34-31(39)23(11-5-2)19-30(38)35-22(3)20-37)36-33(41)43-21-28-26-14-9-7-12-24(26)25-13-8-10-15-27(25)28/h4-5,7-10,12-15,22-23,28-29,37H,1-2,6,11,16-21H2,3H3,(H,34,39)(H,35,38)(H,36,41). The van der Waals surface area contributed by atoms with Gasteiger partial charge in [0.2, 0.25) is 11.8 Å². The zero-order chi connectivity index (χ0) is 31.2. The summed E-state index contributed by atoms with van der Waals surface area (Å²) in [7, 11) is 0. The summed E-state index contributed by atoms with van der Waals surface area (Å²) in [6.07, 6.45) is 3.38. The summed E-state index contributed by atoms with van der Waals surface area (Å²) in [5, 5.41) is 17.0. The molecule has 3 rings (SSSR count). The maximum Gasteiger partial charge on any atom is 0.407 e. The highest BCUT2D eigenvalue weighted by atomic mass is 16.6. The quantitative estimate of drug-likeness (QED) is 0.125. The maximum absolute atomic E-state index is 12.8. The summed E-state index contributed by atoms with van der Waals surface area (Å²) in [6, 6.07) is 14.6. The Balaban J connectivity index is 1.48. The zero-order valence-electron chi connectivity index (χ0n) is 24.6. The number of allylic oxidation sites excluding steroid dienone is 2. The molecule has 4 N–H and O–H groups in total. The van der Waals surface area contributed by atoms with Crippen LogP contribution in [0.5, 0.6) is 0 Å². The first-order valence-electron chi connectivity index (χ1n) is 14.5. The summed E-state index contributed by atoms with van der Waals surface area (Å²) in [5.74, 6) is -2.18. The molecule has 0 fully saturated rings. The molecule has 0 bridgehead atoms. The lowest BCUT2D eigenvalue weighted by Gasteiger charge is -2.19. The molecule has 1 aliphatic carbocycles. The van der Waals surface area contributed by atoms with Gasteiger partial charge in [-0.1, -0.05) is 60.7 Å². The number of carbonyl (C=O) groups is 4. The van der Waals surface area contributed by atoms with E-state index in [0.29, 0.717) is 6.42 Å². The smallest absolute Gasteiger partial charge is 0.407 e. The molecule has 3 unspecified atom stereocenters. The van der Waals surface area contributed by atoms with E-state index in [9.17, 15) is 19.2 Å². The van der Waals surface area contributed by atoms with Crippen molar-refractivity contribution in [2.45, 2.75) is 50.6 Å². The fourth-order valence-corrected chi connectivity index (χ4v) is 4.97. The fraction of sp³-hybridized carbons (Fsp3) is 0.394. The van der Waals surface area contributed by atoms with Crippen LogP contribution in [0.4, 0.5) is 4.79 Å². The Bertz CT molecular complexity index is 1250. The maximum atomic E-state index is 12.8. The normalized spacial score (nSPS) is 13.8. The number of hydrogen-bond acceptors (Lipinski definition) is 7.